The standard InChI is InChI=1S/C18H16F3N3O/c1-2-17(25)24-8-7-12-3-4-14(9-13(12)11-24)23-15-5-6-16(22-10-15)18(19,20)21/h2-6,9-10,23H,1,7-8,11H2. The van der Waals surface area contributed by atoms with E-state index in [0.29, 0.717) is 18.8 Å². The van der Waals surface area contributed by atoms with Crippen LogP contribution in [0.15, 0.2) is 49.2 Å². The molecule has 130 valence electrons. The van der Waals surface area contributed by atoms with Crippen LogP contribution >= 0.6 is 0 Å². The second kappa shape index (κ2) is 6.58. The van der Waals surface area contributed by atoms with Crippen molar-refractivity contribution in [1.82, 2.24) is 9.88 Å². The third-order valence-corrected chi connectivity index (χ3v) is 4.05. The molecule has 0 fully saturated rings. The molecule has 2 heterocycles. The first-order chi connectivity index (χ1) is 11.9. The van der Waals surface area contributed by atoms with Gasteiger partial charge in [0.05, 0.1) is 11.9 Å². The molecule has 1 aliphatic rings. The highest BCUT2D eigenvalue weighted by Gasteiger charge is 2.32. The molecule has 0 atom stereocenters. The fourth-order valence-electron chi connectivity index (χ4n) is 2.75. The Hall–Kier alpha value is -2.83. The van der Waals surface area contributed by atoms with E-state index in [-0.39, 0.29) is 5.91 Å². The van der Waals surface area contributed by atoms with Crippen molar-refractivity contribution in [3.8, 4) is 0 Å². The Morgan fingerprint density at radius 2 is 1.96 bits per heavy atom. The van der Waals surface area contributed by atoms with Crippen LogP contribution in [0, 0.1) is 0 Å². The van der Waals surface area contributed by atoms with Crippen LogP contribution < -0.4 is 5.32 Å². The Morgan fingerprint density at radius 3 is 2.60 bits per heavy atom. The van der Waals surface area contributed by atoms with Crippen molar-refractivity contribution >= 4 is 17.3 Å². The van der Waals surface area contributed by atoms with E-state index in [9.17, 15) is 18.0 Å². The molecule has 0 bridgehead atoms. The summed E-state index contributed by atoms with van der Waals surface area (Å²) in [5.74, 6) is -0.115. The van der Waals surface area contributed by atoms with Crippen LogP contribution in [-0.2, 0) is 23.9 Å². The molecule has 0 saturated heterocycles. The number of nitrogens with zero attached hydrogens (tertiary/aromatic N) is 2. The lowest BCUT2D eigenvalue weighted by Crippen LogP contribution is -2.34. The smallest absolute Gasteiger partial charge is 0.354 e. The van der Waals surface area contributed by atoms with Gasteiger partial charge in [0.15, 0.2) is 0 Å². The summed E-state index contributed by atoms with van der Waals surface area (Å²) >= 11 is 0. The number of amides is 1. The van der Waals surface area contributed by atoms with E-state index in [1.54, 1.807) is 4.90 Å². The Labute approximate surface area is 143 Å². The van der Waals surface area contributed by atoms with Crippen molar-refractivity contribution in [3.63, 3.8) is 0 Å². The number of fused-ring (bicyclic) bond motifs is 1. The average Bonchev–Trinajstić information content (AvgIpc) is 2.60. The van der Waals surface area contributed by atoms with Gasteiger partial charge < -0.3 is 10.2 Å². The van der Waals surface area contributed by atoms with Gasteiger partial charge in [-0.15, -0.1) is 0 Å². The zero-order valence-corrected chi connectivity index (χ0v) is 13.3. The van der Waals surface area contributed by atoms with Gasteiger partial charge in [-0.1, -0.05) is 12.6 Å². The van der Waals surface area contributed by atoms with Crippen molar-refractivity contribution in [1.29, 1.82) is 0 Å². The first-order valence-corrected chi connectivity index (χ1v) is 7.70. The largest absolute Gasteiger partial charge is 0.433 e. The number of halogens is 3. The van der Waals surface area contributed by atoms with Crippen LogP contribution in [-0.4, -0.2) is 22.3 Å². The number of hydrogen-bond acceptors (Lipinski definition) is 3. The third kappa shape index (κ3) is 3.81. The number of anilines is 2. The summed E-state index contributed by atoms with van der Waals surface area (Å²) in [7, 11) is 0. The monoisotopic (exact) mass is 347 g/mol. The molecule has 1 aromatic heterocycles. The number of alkyl halides is 3. The number of pyridine rings is 1. The van der Waals surface area contributed by atoms with Crippen LogP contribution in [0.25, 0.3) is 0 Å². The maximum absolute atomic E-state index is 12.5. The zero-order chi connectivity index (χ0) is 18.0. The molecule has 3 rings (SSSR count). The number of aromatic nitrogens is 1. The van der Waals surface area contributed by atoms with Gasteiger partial charge in [-0.3, -0.25) is 4.79 Å². The Kier molecular flexibility index (Phi) is 4.48. The zero-order valence-electron chi connectivity index (χ0n) is 13.3. The molecule has 1 aromatic carbocycles. The maximum Gasteiger partial charge on any atom is 0.433 e. The second-order valence-corrected chi connectivity index (χ2v) is 5.75. The van der Waals surface area contributed by atoms with E-state index >= 15 is 0 Å². The lowest BCUT2D eigenvalue weighted by atomic mass is 9.99. The van der Waals surface area contributed by atoms with E-state index in [4.69, 9.17) is 0 Å². The van der Waals surface area contributed by atoms with Crippen molar-refractivity contribution < 1.29 is 18.0 Å². The third-order valence-electron chi connectivity index (χ3n) is 4.05. The number of carbonyl (C=O) groups excluding carboxylic acids is 1. The average molecular weight is 347 g/mol. The molecule has 0 saturated carbocycles. The highest BCUT2D eigenvalue weighted by molar-refractivity contribution is 5.87. The summed E-state index contributed by atoms with van der Waals surface area (Å²) in [6, 6.07) is 8.00. The minimum atomic E-state index is -4.45. The molecule has 2 aromatic rings. The van der Waals surface area contributed by atoms with Gasteiger partial charge >= 0.3 is 6.18 Å². The molecule has 0 unspecified atom stereocenters. The number of rotatable bonds is 3. The second-order valence-electron chi connectivity index (χ2n) is 5.75. The minimum absolute atomic E-state index is 0.115. The maximum atomic E-state index is 12.5. The van der Waals surface area contributed by atoms with Crippen molar-refractivity contribution in [2.45, 2.75) is 19.1 Å². The van der Waals surface area contributed by atoms with Crippen molar-refractivity contribution in [3.05, 3.63) is 66.0 Å². The van der Waals surface area contributed by atoms with E-state index in [0.717, 1.165) is 35.5 Å². The quantitative estimate of drug-likeness (QED) is 0.856. The highest BCUT2D eigenvalue weighted by Crippen LogP contribution is 2.29. The predicted octanol–water partition coefficient (Wildman–Crippen LogP) is 3.91. The van der Waals surface area contributed by atoms with Crippen LogP contribution in [0.4, 0.5) is 24.5 Å². The molecule has 1 aliphatic heterocycles. The number of benzene rings is 1. The summed E-state index contributed by atoms with van der Waals surface area (Å²) in [5.41, 5.74) is 2.42. The lowest BCUT2D eigenvalue weighted by molar-refractivity contribution is -0.141. The molecule has 25 heavy (non-hydrogen) atoms. The topological polar surface area (TPSA) is 45.2 Å². The van der Waals surface area contributed by atoms with Gasteiger partial charge in [0.1, 0.15) is 5.69 Å². The van der Waals surface area contributed by atoms with Gasteiger partial charge in [-0.2, -0.15) is 13.2 Å². The Balaban J connectivity index is 1.76. The van der Waals surface area contributed by atoms with Crippen LogP contribution in [0.3, 0.4) is 0 Å². The molecule has 0 spiro atoms. The summed E-state index contributed by atoms with van der Waals surface area (Å²) in [6.45, 7) is 4.63. The summed E-state index contributed by atoms with van der Waals surface area (Å²) in [4.78, 5) is 16.9. The SMILES string of the molecule is C=CC(=O)N1CCc2ccc(Nc3ccc(C(F)(F)F)nc3)cc2C1. The van der Waals surface area contributed by atoms with Crippen LogP contribution in [0.5, 0.6) is 0 Å². The van der Waals surface area contributed by atoms with Crippen LogP contribution in [0.2, 0.25) is 0 Å². The Bertz CT molecular complexity index is 800. The van der Waals surface area contributed by atoms with Gasteiger partial charge in [-0.25, -0.2) is 4.98 Å². The molecular weight excluding hydrogens is 331 g/mol. The number of carbonyl (C=O) groups is 1. The summed E-state index contributed by atoms with van der Waals surface area (Å²) < 4.78 is 37.6. The van der Waals surface area contributed by atoms with Gasteiger partial charge in [0.2, 0.25) is 5.91 Å². The van der Waals surface area contributed by atoms with Gasteiger partial charge in [0.25, 0.3) is 0 Å². The van der Waals surface area contributed by atoms with Crippen LogP contribution in [0.1, 0.15) is 16.8 Å². The summed E-state index contributed by atoms with van der Waals surface area (Å²) in [5, 5.41) is 3.04. The molecular formula is C18H16F3N3O. The van der Waals surface area contributed by atoms with E-state index < -0.39 is 11.9 Å². The number of nitrogens with one attached hydrogen (secondary N) is 1. The van der Waals surface area contributed by atoms with Crippen molar-refractivity contribution in [2.24, 2.45) is 0 Å². The molecule has 0 radical (unpaired) electrons. The molecule has 1 N–H and O–H groups in total. The first-order valence-electron chi connectivity index (χ1n) is 7.70. The highest BCUT2D eigenvalue weighted by atomic mass is 19.4. The first kappa shape index (κ1) is 17.0. The van der Waals surface area contributed by atoms with E-state index in [1.807, 2.05) is 18.2 Å². The molecule has 7 heteroatoms. The predicted molar refractivity (Wildman–Crippen MR) is 88.3 cm³/mol. The fraction of sp³-hybridized carbons (Fsp3) is 0.222. The number of hydrogen-bond donors (Lipinski definition) is 1. The lowest BCUT2D eigenvalue weighted by Gasteiger charge is -2.28. The normalized spacial score (nSPS) is 14.0. The van der Waals surface area contributed by atoms with Crippen molar-refractivity contribution in [2.75, 3.05) is 11.9 Å². The minimum Gasteiger partial charge on any atom is -0.354 e. The Morgan fingerprint density at radius 1 is 1.20 bits per heavy atom. The van der Waals surface area contributed by atoms with E-state index in [1.165, 1.54) is 12.1 Å². The van der Waals surface area contributed by atoms with E-state index in [2.05, 4.69) is 16.9 Å². The van der Waals surface area contributed by atoms with Gasteiger partial charge in [-0.05, 0) is 47.9 Å². The molecule has 0 aliphatic carbocycles. The molecule has 1 amide bonds. The fourth-order valence-corrected chi connectivity index (χ4v) is 2.75. The van der Waals surface area contributed by atoms with Gasteiger partial charge in [0, 0.05) is 18.8 Å². The molecule has 4 nitrogen and oxygen atoms in total. The summed E-state index contributed by atoms with van der Waals surface area (Å²) in [6.07, 6.45) is -1.25.